The normalized spacial score (nSPS) is 39.5. The number of fused-ring (bicyclic) bond motifs is 3. The van der Waals surface area contributed by atoms with Gasteiger partial charge in [0.15, 0.2) is 0 Å². The van der Waals surface area contributed by atoms with Crippen LogP contribution < -0.4 is 5.32 Å². The van der Waals surface area contributed by atoms with Crippen molar-refractivity contribution < 1.29 is 57.9 Å². The summed E-state index contributed by atoms with van der Waals surface area (Å²) in [7, 11) is 4.66. The number of hydrogen-bond donors (Lipinski definition) is 3. The summed E-state index contributed by atoms with van der Waals surface area (Å²) in [6, 6.07) is -1.27. The number of ketones is 2. The Kier molecular flexibility index (Phi) is 17.7. The first-order valence-corrected chi connectivity index (χ1v) is 21.3. The van der Waals surface area contributed by atoms with Crippen molar-refractivity contribution in [1.29, 1.82) is 0 Å². The van der Waals surface area contributed by atoms with Crippen molar-refractivity contribution in [2.45, 2.75) is 167 Å². The van der Waals surface area contributed by atoms with E-state index in [1.165, 1.54) is 19.1 Å². The second-order valence-electron chi connectivity index (χ2n) is 17.5. The number of methoxy groups -OCH3 is 3. The summed E-state index contributed by atoms with van der Waals surface area (Å²) in [5.74, 6) is -7.55. The van der Waals surface area contributed by atoms with Crippen molar-refractivity contribution >= 4 is 29.9 Å². The lowest BCUT2D eigenvalue weighted by Crippen LogP contribution is -2.64. The topological polar surface area (TPSA) is 187 Å². The molecular weight excluding hydrogens is 748 g/mol. The number of ether oxygens (including phenoxy) is 5. The van der Waals surface area contributed by atoms with Crippen LogP contribution in [0.25, 0.3) is 0 Å². The Morgan fingerprint density at radius 1 is 0.966 bits per heavy atom. The van der Waals surface area contributed by atoms with Crippen LogP contribution in [0, 0.1) is 29.6 Å². The molecule has 3 fully saturated rings. The molecule has 14 nitrogen and oxygen atoms in total. The van der Waals surface area contributed by atoms with Gasteiger partial charge in [-0.15, -0.1) is 0 Å². The Labute approximate surface area is 344 Å². The molecule has 0 spiro atoms. The van der Waals surface area contributed by atoms with Gasteiger partial charge in [-0.3, -0.25) is 19.2 Å². The number of aliphatic hydroxyl groups is 2. The van der Waals surface area contributed by atoms with Crippen LogP contribution in [0.5, 0.6) is 0 Å². The standard InChI is InChI=1S/C44H70N2O12/c1-10-31-18-25(2)17-26(3)19-37(55-8)40-38(56-9)21-28(5)44(53,58-40)41(50)42(51)46-16-12-11-13-33(46)43(52)57-39(29(6)34(48)23-35(31)49)27(4)20-30-14-15-32(45-24-47)36(22-30)54-7/h18,20,24,26,28-34,36-40,48,53H,10-17,19,21-23H2,1-9H3,(H,45,47). The summed E-state index contributed by atoms with van der Waals surface area (Å²) in [6.45, 7) is 11.2. The van der Waals surface area contributed by atoms with E-state index in [-0.39, 0.29) is 55.6 Å². The second kappa shape index (κ2) is 21.5. The molecule has 58 heavy (non-hydrogen) atoms. The number of piperidine rings is 1. The summed E-state index contributed by atoms with van der Waals surface area (Å²) < 4.78 is 30.0. The van der Waals surface area contributed by atoms with Gasteiger partial charge in [-0.25, -0.2) is 4.79 Å². The van der Waals surface area contributed by atoms with E-state index in [1.54, 1.807) is 21.0 Å². The quantitative estimate of drug-likeness (QED) is 0.137. The van der Waals surface area contributed by atoms with Gasteiger partial charge in [0.2, 0.25) is 12.2 Å². The van der Waals surface area contributed by atoms with Gasteiger partial charge in [0.1, 0.15) is 24.0 Å². The minimum atomic E-state index is -2.51. The number of amides is 2. The monoisotopic (exact) mass is 818 g/mol. The minimum absolute atomic E-state index is 0.00675. The van der Waals surface area contributed by atoms with E-state index >= 15 is 0 Å². The summed E-state index contributed by atoms with van der Waals surface area (Å²) >= 11 is 0. The molecule has 3 heterocycles. The van der Waals surface area contributed by atoms with Crippen molar-refractivity contribution in [2.24, 2.45) is 29.6 Å². The number of allylic oxidation sites excluding steroid dienone is 3. The van der Waals surface area contributed by atoms with Crippen LogP contribution in [0.4, 0.5) is 0 Å². The second-order valence-corrected chi connectivity index (χ2v) is 17.5. The lowest BCUT2D eigenvalue weighted by atomic mass is 9.81. The van der Waals surface area contributed by atoms with Crippen molar-refractivity contribution in [2.75, 3.05) is 27.9 Å². The maximum absolute atomic E-state index is 14.3. The maximum Gasteiger partial charge on any atom is 0.329 e. The van der Waals surface area contributed by atoms with Crippen LogP contribution in [-0.2, 0) is 47.7 Å². The first kappa shape index (κ1) is 47.7. The van der Waals surface area contributed by atoms with Crippen LogP contribution in [0.2, 0.25) is 0 Å². The van der Waals surface area contributed by atoms with Crippen LogP contribution in [0.1, 0.15) is 112 Å². The first-order chi connectivity index (χ1) is 27.5. The predicted molar refractivity (Wildman–Crippen MR) is 215 cm³/mol. The Morgan fingerprint density at radius 3 is 2.28 bits per heavy atom. The highest BCUT2D eigenvalue weighted by molar-refractivity contribution is 6.39. The van der Waals surface area contributed by atoms with Gasteiger partial charge in [-0.1, -0.05) is 45.4 Å². The number of aliphatic hydroxyl groups excluding tert-OH is 1. The van der Waals surface area contributed by atoms with E-state index in [9.17, 15) is 34.2 Å². The molecular formula is C44H70N2O12. The Hall–Kier alpha value is -3.01. The number of cyclic esters (lactones) is 1. The summed E-state index contributed by atoms with van der Waals surface area (Å²) in [4.78, 5) is 69.0. The van der Waals surface area contributed by atoms with Gasteiger partial charge in [0, 0.05) is 52.0 Å². The summed E-state index contributed by atoms with van der Waals surface area (Å²) in [5.41, 5.74) is 1.66. The lowest BCUT2D eigenvalue weighted by Gasteiger charge is -2.47. The number of carbonyl (C=O) groups is 5. The zero-order chi connectivity index (χ0) is 42.9. The largest absolute Gasteiger partial charge is 0.456 e. The Bertz CT molecular complexity index is 1500. The van der Waals surface area contributed by atoms with Gasteiger partial charge in [-0.2, -0.15) is 0 Å². The van der Waals surface area contributed by atoms with Crippen molar-refractivity contribution in [3.05, 3.63) is 23.3 Å². The molecule has 4 aliphatic rings. The van der Waals surface area contributed by atoms with Gasteiger partial charge >= 0.3 is 5.97 Å². The molecule has 14 heteroatoms. The molecule has 0 radical (unpaired) electrons. The minimum Gasteiger partial charge on any atom is -0.456 e. The van der Waals surface area contributed by atoms with Crippen LogP contribution in [0.15, 0.2) is 23.3 Å². The molecule has 0 aromatic carbocycles. The highest BCUT2D eigenvalue weighted by atomic mass is 16.7. The van der Waals surface area contributed by atoms with Gasteiger partial charge < -0.3 is 44.1 Å². The number of rotatable bonds is 8. The van der Waals surface area contributed by atoms with Crippen molar-refractivity contribution in [3.63, 3.8) is 0 Å². The van der Waals surface area contributed by atoms with Crippen LogP contribution in [-0.4, -0.2) is 127 Å². The molecule has 1 saturated carbocycles. The van der Waals surface area contributed by atoms with Crippen LogP contribution in [0.3, 0.4) is 0 Å². The molecule has 328 valence electrons. The molecule has 14 unspecified atom stereocenters. The fourth-order valence-corrected chi connectivity index (χ4v) is 9.69. The van der Waals surface area contributed by atoms with Crippen molar-refractivity contribution in [1.82, 2.24) is 10.2 Å². The Morgan fingerprint density at radius 2 is 1.64 bits per heavy atom. The molecule has 0 aromatic heterocycles. The fraction of sp³-hybridized carbons (Fsp3) is 0.795. The van der Waals surface area contributed by atoms with E-state index in [1.807, 2.05) is 39.8 Å². The first-order valence-electron chi connectivity index (χ1n) is 21.3. The lowest BCUT2D eigenvalue weighted by molar-refractivity contribution is -0.302. The number of nitrogens with zero attached hydrogens (tertiary/aromatic N) is 1. The third-order valence-corrected chi connectivity index (χ3v) is 13.2. The van der Waals surface area contributed by atoms with Gasteiger partial charge in [-0.05, 0) is 95.5 Å². The molecule has 2 amide bonds. The maximum atomic E-state index is 14.3. The van der Waals surface area contributed by atoms with E-state index in [0.717, 1.165) is 12.0 Å². The Balaban J connectivity index is 1.76. The average Bonchev–Trinajstić information content (AvgIpc) is 3.20. The predicted octanol–water partition coefficient (Wildman–Crippen LogP) is 4.23. The molecule has 3 aliphatic heterocycles. The summed E-state index contributed by atoms with van der Waals surface area (Å²) in [6.07, 6.45) is 5.26. The smallest absolute Gasteiger partial charge is 0.329 e. The molecule has 2 saturated heterocycles. The zero-order valence-electron chi connectivity index (χ0n) is 36.1. The average molecular weight is 819 g/mol. The molecule has 3 N–H and O–H groups in total. The number of esters is 1. The van der Waals surface area contributed by atoms with E-state index in [2.05, 4.69) is 5.32 Å². The number of Topliss-reactive ketones (excluding diaryl/α,β-unsaturated/α-hetero) is 2. The van der Waals surface area contributed by atoms with Crippen LogP contribution >= 0.6 is 0 Å². The zero-order valence-corrected chi connectivity index (χ0v) is 36.1. The third kappa shape index (κ3) is 11.2. The number of carbonyl (C=O) groups excluding carboxylic acids is 5. The number of hydrogen-bond acceptors (Lipinski definition) is 12. The molecule has 2 bridgehead atoms. The fourth-order valence-electron chi connectivity index (χ4n) is 9.69. The van der Waals surface area contributed by atoms with E-state index in [4.69, 9.17) is 23.7 Å². The van der Waals surface area contributed by atoms with E-state index < -0.39 is 77.8 Å². The number of nitrogens with one attached hydrogen (secondary N) is 1. The molecule has 14 atom stereocenters. The molecule has 4 rings (SSSR count). The molecule has 0 aromatic rings. The van der Waals surface area contributed by atoms with E-state index in [0.29, 0.717) is 56.9 Å². The molecule has 1 aliphatic carbocycles. The summed E-state index contributed by atoms with van der Waals surface area (Å²) in [5, 5.41) is 26.6. The van der Waals surface area contributed by atoms with Gasteiger partial charge in [0.25, 0.3) is 11.7 Å². The van der Waals surface area contributed by atoms with Gasteiger partial charge in [0.05, 0.1) is 30.5 Å². The highest BCUT2D eigenvalue weighted by Gasteiger charge is 2.56. The highest BCUT2D eigenvalue weighted by Crippen LogP contribution is 2.39. The van der Waals surface area contributed by atoms with Crippen molar-refractivity contribution in [3.8, 4) is 0 Å². The SMILES string of the molecule is CCC1C=C(C)CC(C)CC(OC)C2OC(O)(C(=O)C(=O)N3CCCCC3C(=O)OC(C(C)=CC3CCC(NC=O)C(OC)C3)C(C)C(O)CC1=O)C(C)CC2OC. The third-order valence-electron chi connectivity index (χ3n) is 13.2.